The summed E-state index contributed by atoms with van der Waals surface area (Å²) in [7, 11) is 0. The summed E-state index contributed by atoms with van der Waals surface area (Å²) >= 11 is 0. The molecule has 0 heteroatoms. The van der Waals surface area contributed by atoms with Crippen molar-refractivity contribution in [3.05, 3.63) is 11.6 Å². The summed E-state index contributed by atoms with van der Waals surface area (Å²) in [6.45, 7) is 9.62. The van der Waals surface area contributed by atoms with Gasteiger partial charge in [0.25, 0.3) is 0 Å². The minimum absolute atomic E-state index is 0.928. The molecule has 0 amide bonds. The van der Waals surface area contributed by atoms with Gasteiger partial charge in [0, 0.05) is 0 Å². The highest BCUT2D eigenvalue weighted by atomic mass is 14.6. The molecule has 5 atom stereocenters. The van der Waals surface area contributed by atoms with Gasteiger partial charge in [0.05, 0.1) is 0 Å². The molecule has 2 rings (SSSR count). The van der Waals surface area contributed by atoms with Crippen LogP contribution in [0.1, 0.15) is 40.5 Å². The first-order chi connectivity index (χ1) is 6.11. The van der Waals surface area contributed by atoms with Crippen molar-refractivity contribution in [3.63, 3.8) is 0 Å². The molecular weight excluding hydrogens is 156 g/mol. The van der Waals surface area contributed by atoms with Gasteiger partial charge in [-0.25, -0.2) is 0 Å². The molecule has 0 aliphatic heterocycles. The number of hydrogen-bond donors (Lipinski definition) is 0. The summed E-state index contributed by atoms with van der Waals surface area (Å²) in [5, 5.41) is 0. The van der Waals surface area contributed by atoms with Gasteiger partial charge in [-0.15, -0.1) is 0 Å². The van der Waals surface area contributed by atoms with E-state index in [9.17, 15) is 0 Å². The van der Waals surface area contributed by atoms with Crippen molar-refractivity contribution in [1.29, 1.82) is 0 Å². The molecular formula is C13H22. The summed E-state index contributed by atoms with van der Waals surface area (Å²) in [4.78, 5) is 0. The van der Waals surface area contributed by atoms with Crippen LogP contribution in [0.3, 0.4) is 0 Å². The van der Waals surface area contributed by atoms with Crippen LogP contribution >= 0.6 is 0 Å². The lowest BCUT2D eigenvalue weighted by Crippen LogP contribution is -2.08. The van der Waals surface area contributed by atoms with Crippen LogP contribution in [0.5, 0.6) is 0 Å². The Kier molecular flexibility index (Phi) is 2.25. The first-order valence-electron chi connectivity index (χ1n) is 5.77. The molecule has 0 bridgehead atoms. The maximum atomic E-state index is 2.47. The van der Waals surface area contributed by atoms with E-state index < -0.39 is 0 Å². The average Bonchev–Trinajstić information content (AvgIpc) is 2.71. The molecule has 2 aliphatic carbocycles. The third-order valence-electron chi connectivity index (χ3n) is 4.31. The Balaban J connectivity index is 2.13. The van der Waals surface area contributed by atoms with Crippen LogP contribution in [0.15, 0.2) is 11.6 Å². The fourth-order valence-corrected chi connectivity index (χ4v) is 3.59. The standard InChI is InChI=1S/C13H22/c1-8-5-6-9(2)12-11(4)13(12)10(3)7-8/h5,9-13H,6-7H2,1-4H3. The second kappa shape index (κ2) is 3.15. The molecule has 0 aromatic carbocycles. The Hall–Kier alpha value is -0.260. The zero-order valence-corrected chi connectivity index (χ0v) is 9.38. The quantitative estimate of drug-likeness (QED) is 0.494. The van der Waals surface area contributed by atoms with E-state index in [1.54, 1.807) is 5.57 Å². The van der Waals surface area contributed by atoms with Crippen LogP contribution in [0.25, 0.3) is 0 Å². The molecule has 1 saturated carbocycles. The van der Waals surface area contributed by atoms with Gasteiger partial charge in [-0.3, -0.25) is 0 Å². The maximum absolute atomic E-state index is 2.47. The van der Waals surface area contributed by atoms with Crippen LogP contribution in [-0.2, 0) is 0 Å². The van der Waals surface area contributed by atoms with Gasteiger partial charge in [-0.2, -0.15) is 0 Å². The van der Waals surface area contributed by atoms with E-state index in [2.05, 4.69) is 33.8 Å². The molecule has 0 spiro atoms. The third kappa shape index (κ3) is 1.56. The van der Waals surface area contributed by atoms with Crippen LogP contribution in [-0.4, -0.2) is 0 Å². The van der Waals surface area contributed by atoms with Crippen molar-refractivity contribution in [2.45, 2.75) is 40.5 Å². The van der Waals surface area contributed by atoms with E-state index in [0.29, 0.717) is 0 Å². The van der Waals surface area contributed by atoms with Crippen molar-refractivity contribution < 1.29 is 0 Å². The van der Waals surface area contributed by atoms with Crippen molar-refractivity contribution in [2.24, 2.45) is 29.6 Å². The minimum atomic E-state index is 0.928. The van der Waals surface area contributed by atoms with Crippen LogP contribution < -0.4 is 0 Å². The molecule has 0 aromatic heterocycles. The lowest BCUT2D eigenvalue weighted by Gasteiger charge is -2.18. The maximum Gasteiger partial charge on any atom is -0.0294 e. The highest BCUT2D eigenvalue weighted by Gasteiger charge is 2.51. The van der Waals surface area contributed by atoms with Gasteiger partial charge in [0.2, 0.25) is 0 Å². The van der Waals surface area contributed by atoms with Crippen molar-refractivity contribution in [1.82, 2.24) is 0 Å². The fraction of sp³-hybridized carbons (Fsp3) is 0.846. The van der Waals surface area contributed by atoms with E-state index in [1.165, 1.54) is 12.8 Å². The van der Waals surface area contributed by atoms with Gasteiger partial charge in [0.15, 0.2) is 0 Å². The Morgan fingerprint density at radius 1 is 1.08 bits per heavy atom. The molecule has 0 radical (unpaired) electrons. The molecule has 0 saturated heterocycles. The van der Waals surface area contributed by atoms with E-state index in [1.807, 2.05) is 0 Å². The van der Waals surface area contributed by atoms with E-state index in [-0.39, 0.29) is 0 Å². The number of fused-ring (bicyclic) bond motifs is 1. The topological polar surface area (TPSA) is 0 Å². The lowest BCUT2D eigenvalue weighted by molar-refractivity contribution is 0.393. The summed E-state index contributed by atoms with van der Waals surface area (Å²) < 4.78 is 0. The van der Waals surface area contributed by atoms with E-state index >= 15 is 0 Å². The molecule has 0 heterocycles. The Bertz CT molecular complexity index is 226. The monoisotopic (exact) mass is 178 g/mol. The number of hydrogen-bond acceptors (Lipinski definition) is 0. The summed E-state index contributed by atoms with van der Waals surface area (Å²) in [6.07, 6.45) is 5.14. The van der Waals surface area contributed by atoms with Crippen molar-refractivity contribution in [3.8, 4) is 0 Å². The van der Waals surface area contributed by atoms with Gasteiger partial charge >= 0.3 is 0 Å². The highest BCUT2D eigenvalue weighted by molar-refractivity contribution is 5.09. The van der Waals surface area contributed by atoms with E-state index in [0.717, 1.165) is 29.6 Å². The highest BCUT2D eigenvalue weighted by Crippen LogP contribution is 2.57. The second-order valence-electron chi connectivity index (χ2n) is 5.46. The molecule has 74 valence electrons. The Morgan fingerprint density at radius 3 is 2.38 bits per heavy atom. The van der Waals surface area contributed by atoms with Gasteiger partial charge in [-0.1, -0.05) is 32.4 Å². The second-order valence-corrected chi connectivity index (χ2v) is 5.46. The zero-order valence-electron chi connectivity index (χ0n) is 9.38. The van der Waals surface area contributed by atoms with E-state index in [4.69, 9.17) is 0 Å². The number of rotatable bonds is 0. The molecule has 0 N–H and O–H groups in total. The molecule has 0 nitrogen and oxygen atoms in total. The van der Waals surface area contributed by atoms with Crippen LogP contribution in [0.4, 0.5) is 0 Å². The van der Waals surface area contributed by atoms with Crippen molar-refractivity contribution >= 4 is 0 Å². The third-order valence-corrected chi connectivity index (χ3v) is 4.31. The SMILES string of the molecule is CC1=CCC(C)C2C(C)C2C(C)C1. The zero-order chi connectivity index (χ0) is 9.59. The van der Waals surface area contributed by atoms with Crippen molar-refractivity contribution in [2.75, 3.05) is 0 Å². The van der Waals surface area contributed by atoms with Gasteiger partial charge in [0.1, 0.15) is 0 Å². The lowest BCUT2D eigenvalue weighted by atomic mass is 9.88. The normalized spacial score (nSPS) is 50.2. The van der Waals surface area contributed by atoms with Gasteiger partial charge < -0.3 is 0 Å². The van der Waals surface area contributed by atoms with Crippen LogP contribution in [0, 0.1) is 29.6 Å². The largest absolute Gasteiger partial charge is 0.0853 e. The molecule has 5 unspecified atom stereocenters. The molecule has 2 aliphatic rings. The van der Waals surface area contributed by atoms with Crippen LogP contribution in [0.2, 0.25) is 0 Å². The first-order valence-corrected chi connectivity index (χ1v) is 5.77. The predicted molar refractivity (Wildman–Crippen MR) is 57.5 cm³/mol. The predicted octanol–water partition coefficient (Wildman–Crippen LogP) is 3.88. The number of allylic oxidation sites excluding steroid dienone is 2. The fourth-order valence-electron chi connectivity index (χ4n) is 3.59. The van der Waals surface area contributed by atoms with Gasteiger partial charge in [-0.05, 0) is 49.4 Å². The minimum Gasteiger partial charge on any atom is -0.0853 e. The molecule has 0 aromatic rings. The Labute approximate surface area is 82.4 Å². The molecule has 1 fully saturated rings. The summed E-state index contributed by atoms with van der Waals surface area (Å²) in [5.41, 5.74) is 1.62. The summed E-state index contributed by atoms with van der Waals surface area (Å²) in [6, 6.07) is 0. The Morgan fingerprint density at radius 2 is 1.69 bits per heavy atom. The molecule has 13 heavy (non-hydrogen) atoms. The summed E-state index contributed by atoms with van der Waals surface area (Å²) in [5.74, 6) is 4.94. The smallest absolute Gasteiger partial charge is 0.0294 e. The first kappa shape index (κ1) is 9.30. The average molecular weight is 178 g/mol.